The van der Waals surface area contributed by atoms with Crippen LogP contribution < -0.4 is 21.2 Å². The number of fused-ring (bicyclic) bond motifs is 1. The molecule has 0 amide bonds. The Kier molecular flexibility index (Phi) is 9.19. The number of hydrogen-bond donors (Lipinski definition) is 0. The Balaban J connectivity index is 1.45. The third kappa shape index (κ3) is 6.24. The summed E-state index contributed by atoms with van der Waals surface area (Å²) in [6.07, 6.45) is -0.147. The van der Waals surface area contributed by atoms with E-state index in [2.05, 4.69) is 182 Å². The minimum Gasteiger partial charge on any atom is -0.340 e. The molecule has 0 bridgehead atoms. The summed E-state index contributed by atoms with van der Waals surface area (Å²) in [5.41, 5.74) is 1.19. The Morgan fingerprint density at radius 2 is 1.00 bits per heavy atom. The molecule has 0 radical (unpaired) electrons. The van der Waals surface area contributed by atoms with Crippen molar-refractivity contribution in [1.82, 2.24) is 4.67 Å². The van der Waals surface area contributed by atoms with E-state index in [0.29, 0.717) is 0 Å². The fourth-order valence-electron chi connectivity index (χ4n) is 5.41. The van der Waals surface area contributed by atoms with E-state index in [1.54, 1.807) is 0 Å². The summed E-state index contributed by atoms with van der Waals surface area (Å²) in [4.78, 5) is 0. The standard InChI is InChI=1S/C38H35NOP2/c1-30(39(2)41(33-22-9-4-10-23-33)37-29-17-21-31-18-15-16-28-36(31)37)38(32-19-7-3-8-20-32)40-42(34-24-11-5-12-25-34)35-26-13-6-14-27-35/h3-30,38H,1-2H3/t30-,38-,41?/m0/s1. The minimum atomic E-state index is -1.05. The molecule has 6 aromatic carbocycles. The highest BCUT2D eigenvalue weighted by Crippen LogP contribution is 2.48. The number of likely N-dealkylation sites (N-methyl/N-ethyl adjacent to an activating group) is 1. The van der Waals surface area contributed by atoms with Crippen molar-refractivity contribution in [3.63, 3.8) is 0 Å². The number of rotatable bonds is 10. The van der Waals surface area contributed by atoms with Gasteiger partial charge in [-0.1, -0.05) is 164 Å². The van der Waals surface area contributed by atoms with Gasteiger partial charge in [0.2, 0.25) is 0 Å². The first-order chi connectivity index (χ1) is 20.7. The molecule has 0 saturated carbocycles. The summed E-state index contributed by atoms with van der Waals surface area (Å²) in [5, 5.41) is 7.71. The summed E-state index contributed by atoms with van der Waals surface area (Å²) in [5.74, 6) is 0. The van der Waals surface area contributed by atoms with Gasteiger partial charge in [-0.05, 0) is 35.6 Å². The molecule has 1 unspecified atom stereocenters. The minimum absolute atomic E-state index is 0.0788. The van der Waals surface area contributed by atoms with Gasteiger partial charge in [-0.25, -0.2) is 0 Å². The highest BCUT2D eigenvalue weighted by molar-refractivity contribution is 7.71. The normalized spacial score (nSPS) is 13.7. The van der Waals surface area contributed by atoms with Crippen molar-refractivity contribution in [3.8, 4) is 0 Å². The molecule has 0 heterocycles. The van der Waals surface area contributed by atoms with Gasteiger partial charge in [0.05, 0.1) is 8.15 Å². The highest BCUT2D eigenvalue weighted by atomic mass is 31.1. The lowest BCUT2D eigenvalue weighted by atomic mass is 10.0. The van der Waals surface area contributed by atoms with Crippen molar-refractivity contribution in [1.29, 1.82) is 0 Å². The van der Waals surface area contributed by atoms with Gasteiger partial charge in [0.15, 0.2) is 0 Å². The van der Waals surface area contributed by atoms with E-state index in [-0.39, 0.29) is 12.1 Å². The van der Waals surface area contributed by atoms with Crippen LogP contribution in [0.2, 0.25) is 0 Å². The smallest absolute Gasteiger partial charge is 0.103 e. The summed E-state index contributed by atoms with van der Waals surface area (Å²) in [7, 11) is 0.382. The van der Waals surface area contributed by atoms with Gasteiger partial charge in [0, 0.05) is 30.0 Å². The highest BCUT2D eigenvalue weighted by Gasteiger charge is 2.33. The summed E-state index contributed by atoms with van der Waals surface area (Å²) < 4.78 is 9.90. The van der Waals surface area contributed by atoms with Gasteiger partial charge in [0.1, 0.15) is 6.10 Å². The summed E-state index contributed by atoms with van der Waals surface area (Å²) in [6, 6.07) is 58.6. The van der Waals surface area contributed by atoms with Crippen LogP contribution in [0.4, 0.5) is 0 Å². The monoisotopic (exact) mass is 583 g/mol. The zero-order valence-electron chi connectivity index (χ0n) is 24.0. The fourth-order valence-corrected chi connectivity index (χ4v) is 9.95. The van der Waals surface area contributed by atoms with Crippen LogP contribution in [0.5, 0.6) is 0 Å². The molecule has 0 saturated heterocycles. The van der Waals surface area contributed by atoms with E-state index in [0.717, 1.165) is 0 Å². The van der Waals surface area contributed by atoms with Gasteiger partial charge in [0.25, 0.3) is 0 Å². The predicted molar refractivity (Wildman–Crippen MR) is 183 cm³/mol. The van der Waals surface area contributed by atoms with E-state index in [1.165, 1.54) is 37.6 Å². The van der Waals surface area contributed by atoms with Crippen molar-refractivity contribution in [2.45, 2.75) is 19.1 Å². The zero-order valence-corrected chi connectivity index (χ0v) is 25.8. The Labute approximate surface area is 252 Å². The van der Waals surface area contributed by atoms with E-state index in [4.69, 9.17) is 4.52 Å². The molecular weight excluding hydrogens is 548 g/mol. The average molecular weight is 584 g/mol. The third-order valence-electron chi connectivity index (χ3n) is 7.67. The van der Waals surface area contributed by atoms with Gasteiger partial charge in [-0.15, -0.1) is 0 Å². The molecule has 6 aromatic rings. The van der Waals surface area contributed by atoms with E-state index in [1.807, 2.05) is 0 Å². The van der Waals surface area contributed by atoms with Crippen LogP contribution >= 0.6 is 16.2 Å². The van der Waals surface area contributed by atoms with E-state index < -0.39 is 16.2 Å². The molecule has 3 atom stereocenters. The maximum Gasteiger partial charge on any atom is 0.103 e. The third-order valence-corrected chi connectivity index (χ3v) is 12.3. The topological polar surface area (TPSA) is 12.5 Å². The van der Waals surface area contributed by atoms with E-state index in [9.17, 15) is 0 Å². The van der Waals surface area contributed by atoms with Crippen LogP contribution in [-0.2, 0) is 4.52 Å². The molecule has 0 aliphatic rings. The molecule has 0 N–H and O–H groups in total. The molecule has 6 rings (SSSR count). The maximum atomic E-state index is 7.33. The zero-order chi connectivity index (χ0) is 28.7. The summed E-state index contributed by atoms with van der Waals surface area (Å²) >= 11 is 0. The molecule has 0 aliphatic heterocycles. The molecule has 0 aromatic heterocycles. The van der Waals surface area contributed by atoms with Gasteiger partial charge in [-0.3, -0.25) is 4.67 Å². The lowest BCUT2D eigenvalue weighted by molar-refractivity contribution is 0.154. The number of hydrogen-bond acceptors (Lipinski definition) is 2. The fraction of sp³-hybridized carbons (Fsp3) is 0.105. The van der Waals surface area contributed by atoms with Gasteiger partial charge >= 0.3 is 0 Å². The number of nitrogens with zero attached hydrogens (tertiary/aromatic N) is 1. The van der Waals surface area contributed by atoms with Crippen LogP contribution in [0.1, 0.15) is 18.6 Å². The molecular formula is C38H35NOP2. The van der Waals surface area contributed by atoms with Crippen LogP contribution in [0.3, 0.4) is 0 Å². The molecule has 0 spiro atoms. The SMILES string of the molecule is C[C@@H]([C@H](OP(c1ccccc1)c1ccccc1)c1ccccc1)N(C)P(c1ccccc1)c1cccc2ccccc12. The van der Waals surface area contributed by atoms with Crippen molar-refractivity contribution < 1.29 is 4.52 Å². The van der Waals surface area contributed by atoms with Crippen LogP contribution in [0.15, 0.2) is 164 Å². The van der Waals surface area contributed by atoms with Crippen molar-refractivity contribution in [2.75, 3.05) is 7.05 Å². The lowest BCUT2D eigenvalue weighted by Crippen LogP contribution is -2.37. The first kappa shape index (κ1) is 28.5. The maximum absolute atomic E-state index is 7.33. The number of benzene rings is 6. The first-order valence-electron chi connectivity index (χ1n) is 14.4. The van der Waals surface area contributed by atoms with Crippen LogP contribution in [-0.4, -0.2) is 17.8 Å². The predicted octanol–water partition coefficient (Wildman–Crippen LogP) is 8.31. The van der Waals surface area contributed by atoms with Gasteiger partial charge in [-0.2, -0.15) is 0 Å². The molecule has 0 aliphatic carbocycles. The Hall–Kier alpha value is -3.64. The van der Waals surface area contributed by atoms with Gasteiger partial charge < -0.3 is 4.52 Å². The van der Waals surface area contributed by atoms with Crippen LogP contribution in [0, 0.1) is 0 Å². The van der Waals surface area contributed by atoms with Crippen LogP contribution in [0.25, 0.3) is 10.8 Å². The Morgan fingerprint density at radius 3 is 1.60 bits per heavy atom. The molecule has 2 nitrogen and oxygen atoms in total. The molecule has 208 valence electrons. The first-order valence-corrected chi connectivity index (χ1v) is 16.9. The largest absolute Gasteiger partial charge is 0.340 e. The lowest BCUT2D eigenvalue weighted by Gasteiger charge is -2.39. The van der Waals surface area contributed by atoms with Crippen molar-refractivity contribution in [2.24, 2.45) is 0 Å². The molecule has 4 heteroatoms. The van der Waals surface area contributed by atoms with E-state index >= 15 is 0 Å². The summed E-state index contributed by atoms with van der Waals surface area (Å²) in [6.45, 7) is 2.32. The average Bonchev–Trinajstić information content (AvgIpc) is 3.07. The Bertz CT molecular complexity index is 1650. The second-order valence-corrected chi connectivity index (χ2v) is 14.4. The van der Waals surface area contributed by atoms with Crippen molar-refractivity contribution in [3.05, 3.63) is 169 Å². The molecule has 42 heavy (non-hydrogen) atoms. The molecule has 0 fully saturated rings. The van der Waals surface area contributed by atoms with Crippen molar-refractivity contribution >= 4 is 48.2 Å². The quantitative estimate of drug-likeness (QED) is 0.150. The second kappa shape index (κ2) is 13.6. The second-order valence-electron chi connectivity index (χ2n) is 10.4. The Morgan fingerprint density at radius 1 is 0.524 bits per heavy atom.